The molecule has 1 N–H and O–H groups in total. The van der Waals surface area contributed by atoms with Gasteiger partial charge in [-0.2, -0.15) is 0 Å². The van der Waals surface area contributed by atoms with E-state index in [4.69, 9.17) is 11.6 Å². The van der Waals surface area contributed by atoms with Crippen LogP contribution in [0.3, 0.4) is 0 Å². The summed E-state index contributed by atoms with van der Waals surface area (Å²) in [5.41, 5.74) is 1.03. The van der Waals surface area contributed by atoms with E-state index in [1.807, 2.05) is 12.1 Å². The smallest absolute Gasteiger partial charge is 0.183 e. The third kappa shape index (κ3) is 3.05. The Morgan fingerprint density at radius 2 is 1.95 bits per heavy atom. The van der Waals surface area contributed by atoms with Crippen molar-refractivity contribution in [2.24, 2.45) is 0 Å². The number of piperidine rings is 1. The van der Waals surface area contributed by atoms with Crippen LogP contribution in [0.25, 0.3) is 0 Å². The zero-order chi connectivity index (χ0) is 14.9. The quantitative estimate of drug-likeness (QED) is 0.926. The molecule has 2 aliphatic heterocycles. The maximum atomic E-state index is 12.6. The largest absolute Gasteiger partial charge is 0.371 e. The number of hydrogen-bond donors (Lipinski definition) is 1. The van der Waals surface area contributed by atoms with Crippen LogP contribution in [0.4, 0.5) is 5.69 Å². The lowest BCUT2D eigenvalue weighted by Crippen LogP contribution is -2.29. The molecule has 0 saturated carbocycles. The van der Waals surface area contributed by atoms with Gasteiger partial charge in [0.2, 0.25) is 0 Å². The Bertz CT molecular complexity index is 606. The van der Waals surface area contributed by atoms with Crippen LogP contribution in [-0.4, -0.2) is 39.8 Å². The number of nitrogens with zero attached hydrogens (tertiary/aromatic N) is 1. The molecule has 3 rings (SSSR count). The standard InChI is InChI=1S/C15H21ClN2O2S/c16-14-10-12(18-8-2-1-3-9-18)4-5-15(14)21(19,20)13-6-7-17-11-13/h4-5,10,13,17H,1-3,6-9,11H2/t13-/m1/s1. The molecule has 0 unspecified atom stereocenters. The van der Waals surface area contributed by atoms with E-state index in [0.29, 0.717) is 18.0 Å². The number of hydrogen-bond acceptors (Lipinski definition) is 4. The van der Waals surface area contributed by atoms with Crippen molar-refractivity contribution < 1.29 is 8.42 Å². The van der Waals surface area contributed by atoms with Gasteiger partial charge < -0.3 is 10.2 Å². The van der Waals surface area contributed by atoms with Crippen LogP contribution in [0.2, 0.25) is 5.02 Å². The van der Waals surface area contributed by atoms with Crippen molar-refractivity contribution in [3.05, 3.63) is 23.2 Å². The molecule has 2 aliphatic rings. The van der Waals surface area contributed by atoms with Crippen LogP contribution in [0.5, 0.6) is 0 Å². The summed E-state index contributed by atoms with van der Waals surface area (Å²) in [6, 6.07) is 5.38. The Kier molecular flexibility index (Phi) is 4.43. The monoisotopic (exact) mass is 328 g/mol. The van der Waals surface area contributed by atoms with Crippen LogP contribution in [-0.2, 0) is 9.84 Å². The minimum atomic E-state index is -3.33. The van der Waals surface area contributed by atoms with Crippen LogP contribution in [0, 0.1) is 0 Å². The number of rotatable bonds is 3. The molecule has 116 valence electrons. The first-order chi connectivity index (χ1) is 10.1. The average Bonchev–Trinajstić information content (AvgIpc) is 3.03. The number of anilines is 1. The minimum absolute atomic E-state index is 0.277. The summed E-state index contributed by atoms with van der Waals surface area (Å²) in [6.07, 6.45) is 4.30. The van der Waals surface area contributed by atoms with Crippen molar-refractivity contribution in [3.63, 3.8) is 0 Å². The predicted molar refractivity (Wildman–Crippen MR) is 86.0 cm³/mol. The third-order valence-electron chi connectivity index (χ3n) is 4.40. The second-order valence-corrected chi connectivity index (χ2v) is 8.43. The van der Waals surface area contributed by atoms with Crippen molar-refractivity contribution >= 4 is 27.1 Å². The van der Waals surface area contributed by atoms with Gasteiger partial charge in [0.05, 0.1) is 15.2 Å². The van der Waals surface area contributed by atoms with Crippen LogP contribution >= 0.6 is 11.6 Å². The first kappa shape index (κ1) is 15.1. The van der Waals surface area contributed by atoms with Gasteiger partial charge >= 0.3 is 0 Å². The van der Waals surface area contributed by atoms with Gasteiger partial charge in [-0.15, -0.1) is 0 Å². The van der Waals surface area contributed by atoms with Crippen LogP contribution < -0.4 is 10.2 Å². The van der Waals surface area contributed by atoms with E-state index >= 15 is 0 Å². The van der Waals surface area contributed by atoms with Gasteiger partial charge in [0, 0.05) is 25.3 Å². The lowest BCUT2D eigenvalue weighted by Gasteiger charge is -2.29. The molecular weight excluding hydrogens is 308 g/mol. The summed E-state index contributed by atoms with van der Waals surface area (Å²) in [5, 5.41) is 3.10. The second-order valence-electron chi connectivity index (χ2n) is 5.82. The normalized spacial score (nSPS) is 23.5. The third-order valence-corrected chi connectivity index (χ3v) is 7.07. The summed E-state index contributed by atoms with van der Waals surface area (Å²) in [7, 11) is -3.33. The van der Waals surface area contributed by atoms with E-state index in [2.05, 4.69) is 10.2 Å². The van der Waals surface area contributed by atoms with Crippen molar-refractivity contribution in [1.29, 1.82) is 0 Å². The molecule has 21 heavy (non-hydrogen) atoms. The van der Waals surface area contributed by atoms with Crippen molar-refractivity contribution in [2.45, 2.75) is 35.8 Å². The SMILES string of the molecule is O=S(=O)(c1ccc(N2CCCCC2)cc1Cl)[C@@H]1CCNC1. The molecule has 0 aromatic heterocycles. The molecule has 0 aliphatic carbocycles. The summed E-state index contributed by atoms with van der Waals surface area (Å²) in [4.78, 5) is 2.56. The molecule has 2 saturated heterocycles. The van der Waals surface area contributed by atoms with Crippen molar-refractivity contribution in [1.82, 2.24) is 5.32 Å². The highest BCUT2D eigenvalue weighted by molar-refractivity contribution is 7.92. The summed E-state index contributed by atoms with van der Waals surface area (Å²) in [6.45, 7) is 3.32. The summed E-state index contributed by atoms with van der Waals surface area (Å²) >= 11 is 6.29. The molecule has 2 fully saturated rings. The molecule has 2 heterocycles. The fourth-order valence-corrected chi connectivity index (χ4v) is 5.35. The fraction of sp³-hybridized carbons (Fsp3) is 0.600. The average molecular weight is 329 g/mol. The Morgan fingerprint density at radius 3 is 2.57 bits per heavy atom. The maximum Gasteiger partial charge on any atom is 0.183 e. The predicted octanol–water partition coefficient (Wildman–Crippen LogP) is 2.47. The molecule has 0 amide bonds. The lowest BCUT2D eigenvalue weighted by atomic mass is 10.1. The van der Waals surface area contributed by atoms with E-state index in [1.54, 1.807) is 6.07 Å². The van der Waals surface area contributed by atoms with E-state index in [-0.39, 0.29) is 10.1 Å². The van der Waals surface area contributed by atoms with E-state index in [1.165, 1.54) is 19.3 Å². The fourth-order valence-electron chi connectivity index (χ4n) is 3.14. The van der Waals surface area contributed by atoms with E-state index in [0.717, 1.165) is 25.3 Å². The Hall–Kier alpha value is -0.780. The van der Waals surface area contributed by atoms with Gasteiger partial charge in [-0.25, -0.2) is 8.42 Å². The summed E-state index contributed by atoms with van der Waals surface area (Å²) in [5.74, 6) is 0. The number of benzene rings is 1. The minimum Gasteiger partial charge on any atom is -0.371 e. The molecule has 6 heteroatoms. The highest BCUT2D eigenvalue weighted by Crippen LogP contribution is 2.31. The zero-order valence-corrected chi connectivity index (χ0v) is 13.6. The maximum absolute atomic E-state index is 12.6. The van der Waals surface area contributed by atoms with Crippen molar-refractivity contribution in [2.75, 3.05) is 31.1 Å². The highest BCUT2D eigenvalue weighted by Gasteiger charge is 2.32. The molecule has 1 aromatic carbocycles. The van der Waals surface area contributed by atoms with Crippen LogP contribution in [0.15, 0.2) is 23.1 Å². The van der Waals surface area contributed by atoms with Gasteiger partial charge in [-0.05, 0) is 50.4 Å². The van der Waals surface area contributed by atoms with Gasteiger partial charge in [-0.3, -0.25) is 0 Å². The Morgan fingerprint density at radius 1 is 1.19 bits per heavy atom. The van der Waals surface area contributed by atoms with Crippen molar-refractivity contribution in [3.8, 4) is 0 Å². The lowest BCUT2D eigenvalue weighted by molar-refractivity contribution is 0.577. The van der Waals surface area contributed by atoms with Gasteiger partial charge in [0.25, 0.3) is 0 Å². The molecule has 0 radical (unpaired) electrons. The number of nitrogens with one attached hydrogen (secondary N) is 1. The molecule has 0 spiro atoms. The molecule has 0 bridgehead atoms. The van der Waals surface area contributed by atoms with E-state index in [9.17, 15) is 8.42 Å². The Balaban J connectivity index is 1.87. The molecule has 1 atom stereocenters. The second kappa shape index (κ2) is 6.15. The topological polar surface area (TPSA) is 49.4 Å². The van der Waals surface area contributed by atoms with Gasteiger partial charge in [0.15, 0.2) is 9.84 Å². The highest BCUT2D eigenvalue weighted by atomic mass is 35.5. The first-order valence-corrected chi connectivity index (χ1v) is 9.50. The van der Waals surface area contributed by atoms with E-state index < -0.39 is 9.84 Å². The first-order valence-electron chi connectivity index (χ1n) is 7.58. The van der Waals surface area contributed by atoms with Crippen LogP contribution in [0.1, 0.15) is 25.7 Å². The molecule has 4 nitrogen and oxygen atoms in total. The number of sulfone groups is 1. The van der Waals surface area contributed by atoms with Gasteiger partial charge in [0.1, 0.15) is 0 Å². The Labute approximate surface area is 131 Å². The molecular formula is C15H21ClN2O2S. The van der Waals surface area contributed by atoms with Gasteiger partial charge in [-0.1, -0.05) is 11.6 Å². The summed E-state index contributed by atoms with van der Waals surface area (Å²) < 4.78 is 25.2. The number of halogens is 1. The zero-order valence-electron chi connectivity index (χ0n) is 12.0. The molecule has 1 aromatic rings.